The van der Waals surface area contributed by atoms with Crippen LogP contribution >= 0.6 is 11.6 Å². The lowest BCUT2D eigenvalue weighted by molar-refractivity contribution is 0.0462. The van der Waals surface area contributed by atoms with E-state index in [9.17, 15) is 9.90 Å². The molecule has 1 atom stereocenters. The zero-order valence-electron chi connectivity index (χ0n) is 13.7. The fourth-order valence-corrected chi connectivity index (χ4v) is 3.25. The van der Waals surface area contributed by atoms with Gasteiger partial charge in [-0.25, -0.2) is 0 Å². The molecule has 1 saturated heterocycles. The van der Waals surface area contributed by atoms with Crippen LogP contribution in [0.4, 0.5) is 0 Å². The van der Waals surface area contributed by atoms with Crippen molar-refractivity contribution in [3.05, 3.63) is 64.4 Å². The second-order valence-electron chi connectivity index (χ2n) is 6.31. The first-order valence-electron chi connectivity index (χ1n) is 8.20. The third-order valence-electron chi connectivity index (χ3n) is 4.64. The van der Waals surface area contributed by atoms with Crippen LogP contribution in [0, 0.1) is 12.8 Å². The number of aliphatic hydroxyl groups is 1. The van der Waals surface area contributed by atoms with E-state index in [4.69, 9.17) is 11.6 Å². The van der Waals surface area contributed by atoms with Gasteiger partial charge in [-0.1, -0.05) is 23.7 Å². The van der Waals surface area contributed by atoms with Gasteiger partial charge >= 0.3 is 0 Å². The molecule has 24 heavy (non-hydrogen) atoms. The quantitative estimate of drug-likeness (QED) is 0.925. The number of aliphatic hydroxyl groups excluding tert-OH is 1. The number of rotatable bonds is 3. The SMILES string of the molecule is Cc1ccc(C(=O)N2CCC(C(O)c3ccc(Cl)cc3)CC2)cn1. The molecule has 2 heterocycles. The highest BCUT2D eigenvalue weighted by molar-refractivity contribution is 6.30. The Bertz CT molecular complexity index is 692. The lowest BCUT2D eigenvalue weighted by atomic mass is 9.87. The Labute approximate surface area is 147 Å². The van der Waals surface area contributed by atoms with E-state index in [1.807, 2.05) is 36.1 Å². The van der Waals surface area contributed by atoms with E-state index in [0.29, 0.717) is 23.7 Å². The van der Waals surface area contributed by atoms with E-state index in [0.717, 1.165) is 24.1 Å². The molecule has 1 unspecified atom stereocenters. The van der Waals surface area contributed by atoms with E-state index in [1.165, 1.54) is 0 Å². The smallest absolute Gasteiger partial charge is 0.255 e. The van der Waals surface area contributed by atoms with Gasteiger partial charge in [0.05, 0.1) is 11.7 Å². The molecule has 1 amide bonds. The van der Waals surface area contributed by atoms with Crippen molar-refractivity contribution in [2.75, 3.05) is 13.1 Å². The zero-order valence-corrected chi connectivity index (χ0v) is 14.4. The highest BCUT2D eigenvalue weighted by Gasteiger charge is 2.28. The first-order chi connectivity index (χ1) is 11.5. The third kappa shape index (κ3) is 3.77. The average molecular weight is 345 g/mol. The molecule has 1 aromatic carbocycles. The van der Waals surface area contributed by atoms with Crippen molar-refractivity contribution in [3.63, 3.8) is 0 Å². The van der Waals surface area contributed by atoms with Gasteiger partial charge in [0.1, 0.15) is 0 Å². The highest BCUT2D eigenvalue weighted by Crippen LogP contribution is 2.31. The zero-order chi connectivity index (χ0) is 17.1. The van der Waals surface area contributed by atoms with Crippen LogP contribution in [0.5, 0.6) is 0 Å². The van der Waals surface area contributed by atoms with Crippen LogP contribution < -0.4 is 0 Å². The molecule has 3 rings (SSSR count). The predicted molar refractivity (Wildman–Crippen MR) is 94.0 cm³/mol. The maximum atomic E-state index is 12.5. The van der Waals surface area contributed by atoms with Gasteiger partial charge in [-0.15, -0.1) is 0 Å². The largest absolute Gasteiger partial charge is 0.388 e. The Morgan fingerprint density at radius 3 is 2.46 bits per heavy atom. The molecule has 4 nitrogen and oxygen atoms in total. The summed E-state index contributed by atoms with van der Waals surface area (Å²) in [4.78, 5) is 18.5. The second kappa shape index (κ2) is 7.32. The maximum Gasteiger partial charge on any atom is 0.255 e. The van der Waals surface area contributed by atoms with Crippen LogP contribution in [0.25, 0.3) is 0 Å². The minimum absolute atomic E-state index is 0.0157. The first-order valence-corrected chi connectivity index (χ1v) is 8.58. The standard InChI is InChI=1S/C19H21ClN2O2/c1-13-2-3-16(12-21-13)19(24)22-10-8-15(9-11-22)18(23)14-4-6-17(20)7-5-14/h2-7,12,15,18,23H,8-11H2,1H3. The highest BCUT2D eigenvalue weighted by atomic mass is 35.5. The summed E-state index contributed by atoms with van der Waals surface area (Å²) in [5.74, 6) is 0.174. The van der Waals surface area contributed by atoms with E-state index in [1.54, 1.807) is 18.3 Å². The van der Waals surface area contributed by atoms with E-state index in [2.05, 4.69) is 4.98 Å². The number of pyridine rings is 1. The summed E-state index contributed by atoms with van der Waals surface area (Å²) in [5, 5.41) is 11.2. The molecule has 0 radical (unpaired) electrons. The fraction of sp³-hybridized carbons (Fsp3) is 0.368. The fourth-order valence-electron chi connectivity index (χ4n) is 3.13. The number of carbonyl (C=O) groups is 1. The number of hydrogen-bond acceptors (Lipinski definition) is 3. The number of hydrogen-bond donors (Lipinski definition) is 1. The average Bonchev–Trinajstić information content (AvgIpc) is 2.62. The topological polar surface area (TPSA) is 53.4 Å². The number of amides is 1. The van der Waals surface area contributed by atoms with Crippen molar-refractivity contribution in [2.45, 2.75) is 25.9 Å². The van der Waals surface area contributed by atoms with Crippen molar-refractivity contribution in [3.8, 4) is 0 Å². The van der Waals surface area contributed by atoms with Crippen molar-refractivity contribution in [2.24, 2.45) is 5.92 Å². The minimum atomic E-state index is -0.513. The number of benzene rings is 1. The number of nitrogens with zero attached hydrogens (tertiary/aromatic N) is 2. The summed E-state index contributed by atoms with van der Waals surface area (Å²) in [6, 6.07) is 11.0. The van der Waals surface area contributed by atoms with Crippen LogP contribution in [0.1, 0.15) is 40.6 Å². The summed E-state index contributed by atoms with van der Waals surface area (Å²) in [5.41, 5.74) is 2.40. The van der Waals surface area contributed by atoms with E-state index >= 15 is 0 Å². The number of piperidine rings is 1. The van der Waals surface area contributed by atoms with Gasteiger partial charge in [-0.05, 0) is 55.5 Å². The summed E-state index contributed by atoms with van der Waals surface area (Å²) < 4.78 is 0. The Morgan fingerprint density at radius 1 is 1.21 bits per heavy atom. The Morgan fingerprint density at radius 2 is 1.88 bits per heavy atom. The molecular weight excluding hydrogens is 324 g/mol. The molecule has 5 heteroatoms. The molecule has 1 aliphatic rings. The molecule has 0 aliphatic carbocycles. The molecule has 0 spiro atoms. The number of halogens is 1. The molecular formula is C19H21ClN2O2. The first kappa shape index (κ1) is 16.9. The number of aromatic nitrogens is 1. The Hall–Kier alpha value is -1.91. The lowest BCUT2D eigenvalue weighted by Crippen LogP contribution is -2.39. The van der Waals surface area contributed by atoms with Crippen molar-refractivity contribution >= 4 is 17.5 Å². The molecule has 1 N–H and O–H groups in total. The van der Waals surface area contributed by atoms with Crippen LogP contribution in [-0.4, -0.2) is 34.0 Å². The third-order valence-corrected chi connectivity index (χ3v) is 4.90. The molecule has 1 aromatic heterocycles. The van der Waals surface area contributed by atoms with Gasteiger partial charge in [-0.3, -0.25) is 9.78 Å². The van der Waals surface area contributed by atoms with Gasteiger partial charge in [0, 0.05) is 30.0 Å². The predicted octanol–water partition coefficient (Wildman–Crippen LogP) is 3.63. The van der Waals surface area contributed by atoms with Crippen LogP contribution in [0.3, 0.4) is 0 Å². The van der Waals surface area contributed by atoms with Crippen LogP contribution in [-0.2, 0) is 0 Å². The summed E-state index contributed by atoms with van der Waals surface area (Å²) in [7, 11) is 0. The summed E-state index contributed by atoms with van der Waals surface area (Å²) >= 11 is 5.89. The molecule has 2 aromatic rings. The number of aryl methyl sites for hydroxylation is 1. The minimum Gasteiger partial charge on any atom is -0.388 e. The summed E-state index contributed by atoms with van der Waals surface area (Å²) in [6.45, 7) is 3.21. The lowest BCUT2D eigenvalue weighted by Gasteiger charge is -2.34. The van der Waals surface area contributed by atoms with E-state index in [-0.39, 0.29) is 11.8 Å². The van der Waals surface area contributed by atoms with Crippen molar-refractivity contribution in [1.29, 1.82) is 0 Å². The summed E-state index contributed by atoms with van der Waals surface area (Å²) in [6.07, 6.45) is 2.69. The monoisotopic (exact) mass is 344 g/mol. The van der Waals surface area contributed by atoms with Gasteiger partial charge in [0.15, 0.2) is 0 Å². The molecule has 126 valence electrons. The maximum absolute atomic E-state index is 12.5. The van der Waals surface area contributed by atoms with Crippen molar-refractivity contribution in [1.82, 2.24) is 9.88 Å². The van der Waals surface area contributed by atoms with E-state index < -0.39 is 6.10 Å². The molecule has 1 fully saturated rings. The van der Waals surface area contributed by atoms with Gasteiger partial charge in [0.2, 0.25) is 0 Å². The molecule has 0 saturated carbocycles. The van der Waals surface area contributed by atoms with Gasteiger partial charge < -0.3 is 10.0 Å². The van der Waals surface area contributed by atoms with Gasteiger partial charge in [-0.2, -0.15) is 0 Å². The molecule has 0 bridgehead atoms. The van der Waals surface area contributed by atoms with Crippen molar-refractivity contribution < 1.29 is 9.90 Å². The normalized spacial score (nSPS) is 16.9. The van der Waals surface area contributed by atoms with Gasteiger partial charge in [0.25, 0.3) is 5.91 Å². The number of carbonyl (C=O) groups excluding carboxylic acids is 1. The van der Waals surface area contributed by atoms with Crippen LogP contribution in [0.2, 0.25) is 5.02 Å². The Kier molecular flexibility index (Phi) is 5.17. The van der Waals surface area contributed by atoms with Crippen LogP contribution in [0.15, 0.2) is 42.6 Å². The Balaban J connectivity index is 1.60. The second-order valence-corrected chi connectivity index (χ2v) is 6.75. The number of likely N-dealkylation sites (tertiary alicyclic amines) is 1. The molecule has 1 aliphatic heterocycles.